The van der Waals surface area contributed by atoms with Crippen molar-refractivity contribution < 1.29 is 28.4 Å². The summed E-state index contributed by atoms with van der Waals surface area (Å²) in [7, 11) is 0. The molecule has 0 fully saturated rings. The van der Waals surface area contributed by atoms with Gasteiger partial charge in [0.2, 0.25) is 17.7 Å². The Morgan fingerprint density at radius 2 is 0.564 bits per heavy atom. The van der Waals surface area contributed by atoms with Gasteiger partial charge in [0.15, 0.2) is 0 Å². The Morgan fingerprint density at radius 3 is 0.782 bits per heavy atom. The van der Waals surface area contributed by atoms with Crippen molar-refractivity contribution >= 4 is 17.7 Å². The third kappa shape index (κ3) is 7.91. The molecular weight excluding hydrogens is 691 g/mol. The van der Waals surface area contributed by atoms with Crippen LogP contribution in [0.25, 0.3) is 0 Å². The maximum absolute atomic E-state index is 6.22. The van der Waals surface area contributed by atoms with Crippen LogP contribution in [0.1, 0.15) is 39.3 Å². The van der Waals surface area contributed by atoms with E-state index in [1.807, 2.05) is 109 Å². The van der Waals surface area contributed by atoms with Gasteiger partial charge < -0.3 is 28.4 Å². The summed E-state index contributed by atoms with van der Waals surface area (Å²) in [5, 5.41) is 0. The summed E-state index contributed by atoms with van der Waals surface area (Å²) in [6.07, 6.45) is 0. The number of ether oxygens (including phenoxy) is 6. The number of hydrogen-bond donors (Lipinski definition) is 0. The van der Waals surface area contributed by atoms with Crippen LogP contribution in [-0.4, -0.2) is 57.1 Å². The molecule has 272 valence electrons. The van der Waals surface area contributed by atoms with Crippen molar-refractivity contribution in [1.29, 1.82) is 0 Å². The Kier molecular flexibility index (Phi) is 9.64. The first-order chi connectivity index (χ1) is 27.2. The Balaban J connectivity index is 0.939. The Bertz CT molecular complexity index is 2070. The summed E-state index contributed by atoms with van der Waals surface area (Å²) >= 11 is 0. The molecule has 0 saturated carbocycles. The highest BCUT2D eigenvalue weighted by molar-refractivity contribution is 5.96. The molecule has 0 spiro atoms. The van der Waals surface area contributed by atoms with Crippen molar-refractivity contribution in [3.63, 3.8) is 0 Å². The fourth-order valence-corrected chi connectivity index (χ4v) is 6.70. The van der Waals surface area contributed by atoms with Crippen LogP contribution in [0.2, 0.25) is 0 Å². The molecule has 0 saturated heterocycles. The lowest BCUT2D eigenvalue weighted by atomic mass is 9.85. The van der Waals surface area contributed by atoms with Crippen LogP contribution in [0.15, 0.2) is 161 Å². The Morgan fingerprint density at radius 1 is 0.327 bits per heavy atom. The van der Waals surface area contributed by atoms with E-state index in [2.05, 4.69) is 51.4 Å². The normalized spacial score (nSPS) is 14.7. The van der Waals surface area contributed by atoms with Gasteiger partial charge in [0.05, 0.1) is 19.6 Å². The molecule has 9 heteroatoms. The van der Waals surface area contributed by atoms with Crippen LogP contribution < -0.4 is 14.2 Å². The van der Waals surface area contributed by atoms with Crippen molar-refractivity contribution in [2.75, 3.05) is 39.5 Å². The molecule has 0 bridgehead atoms. The van der Waals surface area contributed by atoms with E-state index in [4.69, 9.17) is 28.4 Å². The minimum absolute atomic E-state index is 0.0680. The summed E-state index contributed by atoms with van der Waals surface area (Å²) in [5.41, 5.74) is 6.18. The predicted molar refractivity (Wildman–Crippen MR) is 212 cm³/mol. The number of aliphatic imine (C=N–C) groups is 3. The SMILES string of the molecule is c1cc(C2=NCCO2)ccc1Oc1ccc(C(c2ccc(Oc3ccc(C4=NCCO4)cc3)cc2)c2ccc(Oc3ccc(C4=NCCO4)cc3)cc2)cc1. The number of nitrogens with zero attached hydrogens (tertiary/aromatic N) is 3. The molecule has 0 amide bonds. The maximum Gasteiger partial charge on any atom is 0.216 e. The molecule has 6 aromatic rings. The average molecular weight is 728 g/mol. The van der Waals surface area contributed by atoms with Crippen LogP contribution >= 0.6 is 0 Å². The van der Waals surface area contributed by atoms with Crippen molar-refractivity contribution in [3.8, 4) is 34.5 Å². The van der Waals surface area contributed by atoms with Gasteiger partial charge in [-0.25, -0.2) is 15.0 Å². The van der Waals surface area contributed by atoms with E-state index in [1.54, 1.807) is 0 Å². The van der Waals surface area contributed by atoms with Crippen molar-refractivity contribution in [2.24, 2.45) is 15.0 Å². The fourth-order valence-electron chi connectivity index (χ4n) is 6.70. The second-order valence-electron chi connectivity index (χ2n) is 13.1. The lowest BCUT2D eigenvalue weighted by molar-refractivity contribution is 0.348. The maximum atomic E-state index is 6.22. The van der Waals surface area contributed by atoms with Gasteiger partial charge in [0, 0.05) is 22.6 Å². The van der Waals surface area contributed by atoms with Crippen molar-refractivity contribution in [3.05, 3.63) is 179 Å². The number of rotatable bonds is 12. The van der Waals surface area contributed by atoms with Crippen molar-refractivity contribution in [1.82, 2.24) is 0 Å². The average Bonchev–Trinajstić information content (AvgIpc) is 4.07. The predicted octanol–water partition coefficient (Wildman–Crippen LogP) is 9.57. The van der Waals surface area contributed by atoms with Gasteiger partial charge in [-0.05, 0) is 126 Å². The molecule has 9 rings (SSSR count). The molecule has 0 atom stereocenters. The second-order valence-corrected chi connectivity index (χ2v) is 13.1. The molecule has 0 radical (unpaired) electrons. The topological polar surface area (TPSA) is 92.5 Å². The zero-order chi connectivity index (χ0) is 36.8. The molecule has 55 heavy (non-hydrogen) atoms. The molecule has 0 N–H and O–H groups in total. The van der Waals surface area contributed by atoms with Crippen LogP contribution in [-0.2, 0) is 14.2 Å². The van der Waals surface area contributed by atoms with E-state index >= 15 is 0 Å². The highest BCUT2D eigenvalue weighted by atomic mass is 16.5. The molecule has 0 unspecified atom stereocenters. The van der Waals surface area contributed by atoms with Gasteiger partial charge in [-0.3, -0.25) is 0 Å². The molecule has 6 aromatic carbocycles. The minimum atomic E-state index is -0.0680. The standard InChI is InChI=1S/C46H37N3O6/c1-13-37(53-40-19-7-34(8-20-40)44-47-25-28-50-44)14-2-31(1)43(32-3-15-38(16-4-32)54-41-21-9-35(10-22-41)45-48-26-29-51-45)33-5-17-39(18-6-33)55-42-23-11-36(12-24-42)46-49-27-30-52-46/h1-24,43H,25-30H2. The smallest absolute Gasteiger partial charge is 0.216 e. The van der Waals surface area contributed by atoms with Crippen LogP contribution in [0, 0.1) is 0 Å². The van der Waals surface area contributed by atoms with E-state index in [-0.39, 0.29) is 5.92 Å². The lowest BCUT2D eigenvalue weighted by Crippen LogP contribution is -2.04. The van der Waals surface area contributed by atoms with E-state index in [0.29, 0.717) is 57.1 Å². The molecule has 3 aliphatic heterocycles. The summed E-state index contributed by atoms with van der Waals surface area (Å²) in [6.45, 7) is 3.96. The Labute approximate surface area is 319 Å². The fraction of sp³-hybridized carbons (Fsp3) is 0.152. The summed E-state index contributed by atoms with van der Waals surface area (Å²) in [4.78, 5) is 13.2. The van der Waals surface area contributed by atoms with E-state index in [0.717, 1.165) is 67.9 Å². The largest absolute Gasteiger partial charge is 0.476 e. The first-order valence-electron chi connectivity index (χ1n) is 18.4. The molecule has 0 aromatic heterocycles. The van der Waals surface area contributed by atoms with Gasteiger partial charge in [-0.15, -0.1) is 0 Å². The van der Waals surface area contributed by atoms with Crippen LogP contribution in [0.5, 0.6) is 34.5 Å². The summed E-state index contributed by atoms with van der Waals surface area (Å²) in [6, 6.07) is 48.1. The van der Waals surface area contributed by atoms with Gasteiger partial charge in [0.25, 0.3) is 0 Å². The highest BCUT2D eigenvalue weighted by Gasteiger charge is 2.19. The molecule has 3 heterocycles. The second kappa shape index (κ2) is 15.6. The first-order valence-corrected chi connectivity index (χ1v) is 18.4. The molecular formula is C46H37N3O6. The van der Waals surface area contributed by atoms with E-state index in [1.165, 1.54) is 0 Å². The minimum Gasteiger partial charge on any atom is -0.476 e. The van der Waals surface area contributed by atoms with E-state index < -0.39 is 0 Å². The monoisotopic (exact) mass is 727 g/mol. The first kappa shape index (κ1) is 33.9. The third-order valence-corrected chi connectivity index (χ3v) is 9.41. The quantitative estimate of drug-likeness (QED) is 0.117. The zero-order valence-corrected chi connectivity index (χ0v) is 30.0. The summed E-state index contributed by atoms with van der Waals surface area (Å²) in [5.74, 6) is 6.42. The van der Waals surface area contributed by atoms with Crippen LogP contribution in [0.4, 0.5) is 0 Å². The van der Waals surface area contributed by atoms with E-state index in [9.17, 15) is 0 Å². The van der Waals surface area contributed by atoms with Gasteiger partial charge in [-0.2, -0.15) is 0 Å². The molecule has 0 aliphatic carbocycles. The Hall–Kier alpha value is -6.87. The number of benzene rings is 6. The molecule has 3 aliphatic rings. The molecule has 9 nitrogen and oxygen atoms in total. The summed E-state index contributed by atoms with van der Waals surface area (Å²) < 4.78 is 35.4. The third-order valence-electron chi connectivity index (χ3n) is 9.41. The highest BCUT2D eigenvalue weighted by Crippen LogP contribution is 2.36. The van der Waals surface area contributed by atoms with Gasteiger partial charge in [-0.1, -0.05) is 36.4 Å². The zero-order valence-electron chi connectivity index (χ0n) is 30.0. The number of hydrogen-bond acceptors (Lipinski definition) is 9. The van der Waals surface area contributed by atoms with Gasteiger partial charge in [0.1, 0.15) is 54.3 Å². The van der Waals surface area contributed by atoms with Crippen LogP contribution in [0.3, 0.4) is 0 Å². The van der Waals surface area contributed by atoms with Gasteiger partial charge >= 0.3 is 0 Å². The lowest BCUT2D eigenvalue weighted by Gasteiger charge is -2.20. The van der Waals surface area contributed by atoms with Crippen molar-refractivity contribution in [2.45, 2.75) is 5.92 Å².